The summed E-state index contributed by atoms with van der Waals surface area (Å²) in [5, 5.41) is 12.6. The lowest BCUT2D eigenvalue weighted by atomic mass is 10.3. The third kappa shape index (κ3) is 1.55. The van der Waals surface area contributed by atoms with E-state index in [0.717, 1.165) is 13.0 Å². The van der Waals surface area contributed by atoms with E-state index < -0.39 is 0 Å². The van der Waals surface area contributed by atoms with Crippen molar-refractivity contribution < 1.29 is 5.11 Å². The molecule has 64 valence electrons. The van der Waals surface area contributed by atoms with Crippen LogP contribution < -0.4 is 5.32 Å². The van der Waals surface area contributed by atoms with Crippen molar-refractivity contribution in [2.45, 2.75) is 31.5 Å². The molecule has 0 amide bonds. The molecular weight excluding hydrogens is 140 g/mol. The molecule has 2 fully saturated rings. The first kappa shape index (κ1) is 7.53. The third-order valence-electron chi connectivity index (χ3n) is 2.67. The predicted octanol–water partition coefficient (Wildman–Crippen LogP) is -0.238. The van der Waals surface area contributed by atoms with Gasteiger partial charge >= 0.3 is 0 Å². The molecule has 0 radical (unpaired) electrons. The summed E-state index contributed by atoms with van der Waals surface area (Å²) in [7, 11) is 0. The summed E-state index contributed by atoms with van der Waals surface area (Å²) in [5.41, 5.74) is 0. The third-order valence-corrected chi connectivity index (χ3v) is 2.67. The van der Waals surface area contributed by atoms with Crippen LogP contribution in [0.4, 0.5) is 0 Å². The molecule has 0 bridgehead atoms. The molecule has 0 aromatic carbocycles. The van der Waals surface area contributed by atoms with Gasteiger partial charge in [0.15, 0.2) is 0 Å². The highest BCUT2D eigenvalue weighted by Gasteiger charge is 2.28. The van der Waals surface area contributed by atoms with E-state index in [-0.39, 0.29) is 6.10 Å². The Morgan fingerprint density at radius 3 is 2.55 bits per heavy atom. The SMILES string of the molecule is O[C@H]1CN[C@H](N2CCCC2)C1. The standard InChI is InChI=1S/C8H16N2O/c11-7-5-8(9-6-7)10-3-1-2-4-10/h7-9,11H,1-6H2/t7-,8-/m1/s1. The largest absolute Gasteiger partial charge is 0.392 e. The van der Waals surface area contributed by atoms with Crippen LogP contribution in [0.2, 0.25) is 0 Å². The topological polar surface area (TPSA) is 35.5 Å². The van der Waals surface area contributed by atoms with Crippen LogP contribution >= 0.6 is 0 Å². The lowest BCUT2D eigenvalue weighted by Crippen LogP contribution is -2.39. The summed E-state index contributed by atoms with van der Waals surface area (Å²) >= 11 is 0. The maximum Gasteiger partial charge on any atom is 0.0692 e. The maximum absolute atomic E-state index is 9.27. The van der Waals surface area contributed by atoms with Gasteiger partial charge in [0.25, 0.3) is 0 Å². The van der Waals surface area contributed by atoms with Gasteiger partial charge in [0.1, 0.15) is 0 Å². The van der Waals surface area contributed by atoms with E-state index in [4.69, 9.17) is 0 Å². The first-order chi connectivity index (χ1) is 5.36. The van der Waals surface area contributed by atoms with E-state index >= 15 is 0 Å². The molecule has 3 nitrogen and oxygen atoms in total. The minimum absolute atomic E-state index is 0.111. The van der Waals surface area contributed by atoms with Gasteiger partial charge in [-0.05, 0) is 25.9 Å². The predicted molar refractivity (Wildman–Crippen MR) is 43.2 cm³/mol. The molecule has 0 aliphatic carbocycles. The van der Waals surface area contributed by atoms with Crippen LogP contribution in [0.25, 0.3) is 0 Å². The van der Waals surface area contributed by atoms with Gasteiger partial charge in [0, 0.05) is 13.0 Å². The van der Waals surface area contributed by atoms with Crippen molar-refractivity contribution in [1.82, 2.24) is 10.2 Å². The zero-order chi connectivity index (χ0) is 7.68. The lowest BCUT2D eigenvalue weighted by molar-refractivity contribution is 0.168. The van der Waals surface area contributed by atoms with Crippen molar-refractivity contribution >= 4 is 0 Å². The minimum atomic E-state index is -0.111. The van der Waals surface area contributed by atoms with E-state index in [1.54, 1.807) is 0 Å². The first-order valence-electron chi connectivity index (χ1n) is 4.52. The van der Waals surface area contributed by atoms with Gasteiger partial charge in [-0.25, -0.2) is 0 Å². The summed E-state index contributed by atoms with van der Waals surface area (Å²) in [6.45, 7) is 3.20. The number of hydrogen-bond acceptors (Lipinski definition) is 3. The van der Waals surface area contributed by atoms with Gasteiger partial charge in [-0.3, -0.25) is 10.2 Å². The monoisotopic (exact) mass is 156 g/mol. The normalized spacial score (nSPS) is 40.1. The number of rotatable bonds is 1. The second kappa shape index (κ2) is 3.09. The smallest absolute Gasteiger partial charge is 0.0692 e. The van der Waals surface area contributed by atoms with Crippen molar-refractivity contribution in [3.8, 4) is 0 Å². The fourth-order valence-corrected chi connectivity index (χ4v) is 2.03. The van der Waals surface area contributed by atoms with E-state index in [1.807, 2.05) is 0 Å². The molecule has 0 aromatic rings. The molecule has 2 aliphatic rings. The Morgan fingerprint density at radius 2 is 2.00 bits per heavy atom. The van der Waals surface area contributed by atoms with Gasteiger partial charge in [-0.1, -0.05) is 0 Å². The lowest BCUT2D eigenvalue weighted by Gasteiger charge is -2.22. The zero-order valence-electron chi connectivity index (χ0n) is 6.79. The molecule has 2 aliphatic heterocycles. The molecule has 0 unspecified atom stereocenters. The quantitative estimate of drug-likeness (QED) is 0.550. The highest BCUT2D eigenvalue weighted by atomic mass is 16.3. The van der Waals surface area contributed by atoms with Gasteiger partial charge in [0.05, 0.1) is 12.3 Å². The minimum Gasteiger partial charge on any atom is -0.392 e. The molecule has 3 heteroatoms. The number of nitrogens with zero attached hydrogens (tertiary/aromatic N) is 1. The van der Waals surface area contributed by atoms with Crippen molar-refractivity contribution in [1.29, 1.82) is 0 Å². The molecule has 2 rings (SSSR count). The molecule has 0 spiro atoms. The van der Waals surface area contributed by atoms with E-state index in [0.29, 0.717) is 6.17 Å². The average molecular weight is 156 g/mol. The molecule has 0 aromatic heterocycles. The Morgan fingerprint density at radius 1 is 1.27 bits per heavy atom. The summed E-state index contributed by atoms with van der Waals surface area (Å²) in [6.07, 6.45) is 3.93. The number of aliphatic hydroxyl groups excluding tert-OH is 1. The molecule has 0 saturated carbocycles. The number of likely N-dealkylation sites (tertiary alicyclic amines) is 1. The van der Waals surface area contributed by atoms with Crippen LogP contribution in [0.15, 0.2) is 0 Å². The maximum atomic E-state index is 9.27. The molecule has 2 heterocycles. The molecule has 11 heavy (non-hydrogen) atoms. The van der Waals surface area contributed by atoms with Crippen LogP contribution in [-0.4, -0.2) is 41.9 Å². The van der Waals surface area contributed by atoms with Crippen molar-refractivity contribution in [3.63, 3.8) is 0 Å². The number of β-amino-alcohol motifs (C(OH)–C–C–N with tert-alkyl or cyclic N) is 1. The zero-order valence-corrected chi connectivity index (χ0v) is 6.79. The van der Waals surface area contributed by atoms with Crippen molar-refractivity contribution in [2.24, 2.45) is 0 Å². The van der Waals surface area contributed by atoms with Crippen molar-refractivity contribution in [3.05, 3.63) is 0 Å². The van der Waals surface area contributed by atoms with Crippen LogP contribution in [0.3, 0.4) is 0 Å². The second-order valence-electron chi connectivity index (χ2n) is 3.56. The number of hydrogen-bond donors (Lipinski definition) is 2. The van der Waals surface area contributed by atoms with Crippen molar-refractivity contribution in [2.75, 3.05) is 19.6 Å². The average Bonchev–Trinajstić information content (AvgIpc) is 2.55. The molecule has 2 saturated heterocycles. The summed E-state index contributed by atoms with van der Waals surface area (Å²) in [6, 6.07) is 0. The fraction of sp³-hybridized carbons (Fsp3) is 1.00. The summed E-state index contributed by atoms with van der Waals surface area (Å²) < 4.78 is 0. The first-order valence-corrected chi connectivity index (χ1v) is 4.52. The summed E-state index contributed by atoms with van der Waals surface area (Å²) in [4.78, 5) is 2.44. The molecule has 2 N–H and O–H groups in total. The summed E-state index contributed by atoms with van der Waals surface area (Å²) in [5.74, 6) is 0. The van der Waals surface area contributed by atoms with Gasteiger partial charge in [0.2, 0.25) is 0 Å². The van der Waals surface area contributed by atoms with Crippen LogP contribution in [0.5, 0.6) is 0 Å². The van der Waals surface area contributed by atoms with E-state index in [9.17, 15) is 5.11 Å². The van der Waals surface area contributed by atoms with E-state index in [2.05, 4.69) is 10.2 Å². The van der Waals surface area contributed by atoms with Crippen LogP contribution in [-0.2, 0) is 0 Å². The van der Waals surface area contributed by atoms with Crippen LogP contribution in [0, 0.1) is 0 Å². The molecular formula is C8H16N2O. The number of aliphatic hydroxyl groups is 1. The Kier molecular flexibility index (Phi) is 2.11. The van der Waals surface area contributed by atoms with Gasteiger partial charge < -0.3 is 5.11 Å². The van der Waals surface area contributed by atoms with Crippen LogP contribution in [0.1, 0.15) is 19.3 Å². The number of nitrogens with one attached hydrogen (secondary N) is 1. The Bertz CT molecular complexity index is 134. The fourth-order valence-electron chi connectivity index (χ4n) is 2.03. The van der Waals surface area contributed by atoms with E-state index in [1.165, 1.54) is 25.9 Å². The van der Waals surface area contributed by atoms with Gasteiger partial charge in [-0.2, -0.15) is 0 Å². The second-order valence-corrected chi connectivity index (χ2v) is 3.56. The highest BCUT2D eigenvalue weighted by Crippen LogP contribution is 2.16. The Balaban J connectivity index is 1.85. The Labute approximate surface area is 67.4 Å². The van der Waals surface area contributed by atoms with Gasteiger partial charge in [-0.15, -0.1) is 0 Å². The Hall–Kier alpha value is -0.120. The molecule has 2 atom stereocenters. The highest BCUT2D eigenvalue weighted by molar-refractivity contribution is 4.83.